The number of amides is 1. The minimum atomic E-state index is -0.0601. The predicted molar refractivity (Wildman–Crippen MR) is 101 cm³/mol. The summed E-state index contributed by atoms with van der Waals surface area (Å²) in [5.74, 6) is -0.0601. The quantitative estimate of drug-likeness (QED) is 0.830. The van der Waals surface area contributed by atoms with Crippen LogP contribution in [0.2, 0.25) is 0 Å². The van der Waals surface area contributed by atoms with Gasteiger partial charge in [0.1, 0.15) is 0 Å². The molecule has 5 heteroatoms. The van der Waals surface area contributed by atoms with Crippen molar-refractivity contribution in [1.82, 2.24) is 10.2 Å². The molecule has 3 rings (SSSR count). The summed E-state index contributed by atoms with van der Waals surface area (Å²) in [5.41, 5.74) is 4.13. The maximum absolute atomic E-state index is 12.4. The molecule has 0 radical (unpaired) electrons. The van der Waals surface area contributed by atoms with Gasteiger partial charge < -0.3 is 14.8 Å². The number of methoxy groups -OCH3 is 1. The van der Waals surface area contributed by atoms with Gasteiger partial charge in [-0.15, -0.1) is 0 Å². The number of rotatable bonds is 7. The zero-order valence-electron chi connectivity index (χ0n) is 15.2. The predicted octanol–water partition coefficient (Wildman–Crippen LogP) is 2.60. The van der Waals surface area contributed by atoms with Crippen molar-refractivity contribution in [2.24, 2.45) is 0 Å². The number of ether oxygens (including phenoxy) is 2. The summed E-state index contributed by atoms with van der Waals surface area (Å²) < 4.78 is 10.5. The molecule has 1 saturated heterocycles. The van der Waals surface area contributed by atoms with Crippen molar-refractivity contribution in [2.45, 2.75) is 19.7 Å². The third kappa shape index (κ3) is 5.14. The Morgan fingerprint density at radius 2 is 1.77 bits per heavy atom. The van der Waals surface area contributed by atoms with Gasteiger partial charge in [-0.1, -0.05) is 36.4 Å². The molecule has 1 aliphatic heterocycles. The van der Waals surface area contributed by atoms with E-state index in [2.05, 4.69) is 28.4 Å². The SMILES string of the molecule is COCc1ccc(C(=O)NCc2ccccc2CN2CCOCC2)cc1. The number of morpholine rings is 1. The van der Waals surface area contributed by atoms with Crippen molar-refractivity contribution in [3.05, 3.63) is 70.8 Å². The molecule has 1 N–H and O–H groups in total. The number of hydrogen-bond acceptors (Lipinski definition) is 4. The highest BCUT2D eigenvalue weighted by Crippen LogP contribution is 2.13. The molecule has 0 spiro atoms. The molecule has 0 aliphatic carbocycles. The van der Waals surface area contributed by atoms with Gasteiger partial charge in [0.25, 0.3) is 5.91 Å². The second-order valence-corrected chi connectivity index (χ2v) is 6.47. The fourth-order valence-electron chi connectivity index (χ4n) is 3.08. The molecule has 0 atom stereocenters. The molecular formula is C21H26N2O3. The normalized spacial score (nSPS) is 15.0. The van der Waals surface area contributed by atoms with Gasteiger partial charge in [0, 0.05) is 38.9 Å². The Balaban J connectivity index is 1.59. The van der Waals surface area contributed by atoms with Gasteiger partial charge in [0.15, 0.2) is 0 Å². The lowest BCUT2D eigenvalue weighted by Crippen LogP contribution is -2.36. The van der Waals surface area contributed by atoms with Crippen LogP contribution < -0.4 is 5.32 Å². The van der Waals surface area contributed by atoms with Crippen LogP contribution in [0.25, 0.3) is 0 Å². The van der Waals surface area contributed by atoms with Crippen LogP contribution in [0.15, 0.2) is 48.5 Å². The number of carbonyl (C=O) groups excluding carboxylic acids is 1. The van der Waals surface area contributed by atoms with Gasteiger partial charge in [-0.3, -0.25) is 9.69 Å². The summed E-state index contributed by atoms with van der Waals surface area (Å²) in [6.45, 7) is 5.45. The largest absolute Gasteiger partial charge is 0.380 e. The van der Waals surface area contributed by atoms with Crippen molar-refractivity contribution in [3.8, 4) is 0 Å². The molecule has 1 heterocycles. The van der Waals surface area contributed by atoms with Gasteiger partial charge in [0.05, 0.1) is 19.8 Å². The molecule has 138 valence electrons. The topological polar surface area (TPSA) is 50.8 Å². The Bertz CT molecular complexity index is 709. The highest BCUT2D eigenvalue weighted by atomic mass is 16.5. The maximum atomic E-state index is 12.4. The first-order valence-corrected chi connectivity index (χ1v) is 8.99. The lowest BCUT2D eigenvalue weighted by atomic mass is 10.1. The summed E-state index contributed by atoms with van der Waals surface area (Å²) in [6, 6.07) is 15.8. The van der Waals surface area contributed by atoms with Gasteiger partial charge in [-0.25, -0.2) is 0 Å². The van der Waals surface area contributed by atoms with E-state index in [4.69, 9.17) is 9.47 Å². The van der Waals surface area contributed by atoms with Crippen LogP contribution in [0, 0.1) is 0 Å². The lowest BCUT2D eigenvalue weighted by molar-refractivity contribution is 0.0340. The number of nitrogens with zero attached hydrogens (tertiary/aromatic N) is 1. The van der Waals surface area contributed by atoms with Crippen molar-refractivity contribution >= 4 is 5.91 Å². The van der Waals surface area contributed by atoms with Gasteiger partial charge in [-0.2, -0.15) is 0 Å². The second kappa shape index (κ2) is 9.48. The van der Waals surface area contributed by atoms with E-state index in [0.717, 1.165) is 44.0 Å². The lowest BCUT2D eigenvalue weighted by Gasteiger charge is -2.27. The Hall–Kier alpha value is -2.21. The molecule has 26 heavy (non-hydrogen) atoms. The van der Waals surface area contributed by atoms with E-state index < -0.39 is 0 Å². The summed E-state index contributed by atoms with van der Waals surface area (Å²) in [5, 5.41) is 3.03. The monoisotopic (exact) mass is 354 g/mol. The van der Waals surface area contributed by atoms with Crippen LogP contribution in [-0.2, 0) is 29.2 Å². The first-order valence-electron chi connectivity index (χ1n) is 8.99. The van der Waals surface area contributed by atoms with Gasteiger partial charge >= 0.3 is 0 Å². The highest BCUT2D eigenvalue weighted by Gasteiger charge is 2.13. The second-order valence-electron chi connectivity index (χ2n) is 6.47. The van der Waals surface area contributed by atoms with E-state index in [-0.39, 0.29) is 5.91 Å². The van der Waals surface area contributed by atoms with E-state index in [1.807, 2.05) is 30.3 Å². The molecule has 2 aromatic carbocycles. The Labute approximate surface area is 154 Å². The van der Waals surface area contributed by atoms with E-state index >= 15 is 0 Å². The van der Waals surface area contributed by atoms with E-state index in [0.29, 0.717) is 18.7 Å². The minimum Gasteiger partial charge on any atom is -0.380 e. The molecule has 0 unspecified atom stereocenters. The van der Waals surface area contributed by atoms with Gasteiger partial charge in [-0.05, 0) is 28.8 Å². The first kappa shape index (κ1) is 18.6. The highest BCUT2D eigenvalue weighted by molar-refractivity contribution is 5.94. The van der Waals surface area contributed by atoms with E-state index in [9.17, 15) is 4.79 Å². The Morgan fingerprint density at radius 3 is 2.46 bits per heavy atom. The molecule has 1 fully saturated rings. The van der Waals surface area contributed by atoms with Crippen LogP contribution in [0.4, 0.5) is 0 Å². The summed E-state index contributed by atoms with van der Waals surface area (Å²) in [6.07, 6.45) is 0. The molecule has 0 aromatic heterocycles. The number of hydrogen-bond donors (Lipinski definition) is 1. The third-order valence-electron chi connectivity index (χ3n) is 4.58. The fraction of sp³-hybridized carbons (Fsp3) is 0.381. The number of benzene rings is 2. The molecule has 1 amide bonds. The molecule has 0 bridgehead atoms. The smallest absolute Gasteiger partial charge is 0.251 e. The van der Waals surface area contributed by atoms with Crippen LogP contribution in [0.1, 0.15) is 27.0 Å². The van der Waals surface area contributed by atoms with Crippen molar-refractivity contribution in [2.75, 3.05) is 33.4 Å². The van der Waals surface area contributed by atoms with Crippen molar-refractivity contribution in [1.29, 1.82) is 0 Å². The summed E-state index contributed by atoms with van der Waals surface area (Å²) >= 11 is 0. The van der Waals surface area contributed by atoms with E-state index in [1.54, 1.807) is 7.11 Å². The van der Waals surface area contributed by atoms with Crippen molar-refractivity contribution in [3.63, 3.8) is 0 Å². The molecular weight excluding hydrogens is 328 g/mol. The van der Waals surface area contributed by atoms with Crippen LogP contribution in [0.5, 0.6) is 0 Å². The van der Waals surface area contributed by atoms with Gasteiger partial charge in [0.2, 0.25) is 0 Å². The average molecular weight is 354 g/mol. The van der Waals surface area contributed by atoms with E-state index in [1.165, 1.54) is 5.56 Å². The molecule has 0 saturated carbocycles. The Kier molecular flexibility index (Phi) is 6.77. The molecule has 5 nitrogen and oxygen atoms in total. The summed E-state index contributed by atoms with van der Waals surface area (Å²) in [4.78, 5) is 14.8. The minimum absolute atomic E-state index is 0.0601. The average Bonchev–Trinajstić information content (AvgIpc) is 2.69. The zero-order chi connectivity index (χ0) is 18.2. The summed E-state index contributed by atoms with van der Waals surface area (Å²) in [7, 11) is 1.66. The molecule has 1 aliphatic rings. The third-order valence-corrected chi connectivity index (χ3v) is 4.58. The maximum Gasteiger partial charge on any atom is 0.251 e. The van der Waals surface area contributed by atoms with Crippen LogP contribution >= 0.6 is 0 Å². The van der Waals surface area contributed by atoms with Crippen molar-refractivity contribution < 1.29 is 14.3 Å². The number of carbonyl (C=O) groups is 1. The standard InChI is InChI=1S/C21H26N2O3/c1-25-16-17-6-8-18(9-7-17)21(24)22-14-19-4-2-3-5-20(19)15-23-10-12-26-13-11-23/h2-9H,10-16H2,1H3,(H,22,24). The zero-order valence-corrected chi connectivity index (χ0v) is 15.2. The first-order chi connectivity index (χ1) is 12.8. The van der Waals surface area contributed by atoms with Crippen LogP contribution in [-0.4, -0.2) is 44.2 Å². The molecule has 2 aromatic rings. The fourth-order valence-corrected chi connectivity index (χ4v) is 3.08. The number of nitrogens with one attached hydrogen (secondary N) is 1. The van der Waals surface area contributed by atoms with Crippen LogP contribution in [0.3, 0.4) is 0 Å². The Morgan fingerprint density at radius 1 is 1.08 bits per heavy atom.